The maximum absolute atomic E-state index is 2.59. The van der Waals surface area contributed by atoms with E-state index < -0.39 is 0 Å². The minimum atomic E-state index is 0.549. The Hall–Kier alpha value is -0.520. The van der Waals surface area contributed by atoms with Crippen LogP contribution in [0.15, 0.2) is 22.8 Å². The molecule has 0 aromatic rings. The lowest BCUT2D eigenvalue weighted by molar-refractivity contribution is 0.131. The second-order valence-corrected chi connectivity index (χ2v) is 8.84. The molecule has 3 aliphatic carbocycles. The lowest BCUT2D eigenvalue weighted by atomic mass is 9.68. The van der Waals surface area contributed by atoms with E-state index in [1.807, 2.05) is 5.57 Å². The van der Waals surface area contributed by atoms with Crippen LogP contribution in [-0.4, -0.2) is 0 Å². The van der Waals surface area contributed by atoms with Crippen LogP contribution in [0.2, 0.25) is 0 Å². The van der Waals surface area contributed by atoms with E-state index in [2.05, 4.69) is 40.7 Å². The topological polar surface area (TPSA) is 0 Å². The average molecular weight is 272 g/mol. The molecule has 0 saturated heterocycles. The van der Waals surface area contributed by atoms with Gasteiger partial charge in [0.05, 0.1) is 0 Å². The van der Waals surface area contributed by atoms with E-state index >= 15 is 0 Å². The van der Waals surface area contributed by atoms with Gasteiger partial charge in [0.15, 0.2) is 0 Å². The molecule has 0 nitrogen and oxygen atoms in total. The van der Waals surface area contributed by atoms with Gasteiger partial charge in [-0.25, -0.2) is 0 Å². The molecule has 0 aromatic carbocycles. The van der Waals surface area contributed by atoms with Gasteiger partial charge in [-0.3, -0.25) is 0 Å². The van der Waals surface area contributed by atoms with Gasteiger partial charge >= 0.3 is 0 Å². The monoisotopic (exact) mass is 272 g/mol. The van der Waals surface area contributed by atoms with Gasteiger partial charge < -0.3 is 0 Å². The van der Waals surface area contributed by atoms with Crippen LogP contribution in [0.25, 0.3) is 0 Å². The molecule has 0 bridgehead atoms. The highest BCUT2D eigenvalue weighted by atomic mass is 14.6. The molecule has 3 atom stereocenters. The summed E-state index contributed by atoms with van der Waals surface area (Å²) < 4.78 is 0. The van der Waals surface area contributed by atoms with Crippen LogP contribution in [-0.2, 0) is 0 Å². The van der Waals surface area contributed by atoms with Crippen LogP contribution in [0.1, 0.15) is 79.6 Å². The predicted molar refractivity (Wildman–Crippen MR) is 87.6 cm³/mol. The van der Waals surface area contributed by atoms with Crippen molar-refractivity contribution in [3.8, 4) is 0 Å². The van der Waals surface area contributed by atoms with Crippen molar-refractivity contribution >= 4 is 0 Å². The van der Waals surface area contributed by atoms with Crippen LogP contribution in [0.4, 0.5) is 0 Å². The molecule has 3 rings (SSSR count). The number of rotatable bonds is 0. The summed E-state index contributed by atoms with van der Waals surface area (Å²) in [6.45, 7) is 12.4. The molecule has 2 fully saturated rings. The average Bonchev–Trinajstić information content (AvgIpc) is 2.80. The number of hydrogen-bond donors (Lipinski definition) is 0. The Bertz CT molecular complexity index is 462. The van der Waals surface area contributed by atoms with Gasteiger partial charge in [0.25, 0.3) is 0 Å². The molecule has 0 spiro atoms. The first-order valence-electron chi connectivity index (χ1n) is 8.68. The second kappa shape index (κ2) is 4.75. The third kappa shape index (κ3) is 2.20. The molecule has 0 aromatic heterocycles. The summed E-state index contributed by atoms with van der Waals surface area (Å²) in [6, 6.07) is 0. The fourth-order valence-electron chi connectivity index (χ4n) is 5.85. The molecule has 0 aliphatic heterocycles. The molecule has 0 radical (unpaired) electrons. The largest absolute Gasteiger partial charge is 0.0853 e. The number of hydrogen-bond acceptors (Lipinski definition) is 0. The van der Waals surface area contributed by atoms with Crippen LogP contribution in [0.3, 0.4) is 0 Å². The van der Waals surface area contributed by atoms with E-state index in [1.165, 1.54) is 44.9 Å². The molecule has 2 saturated carbocycles. The second-order valence-electron chi connectivity index (χ2n) is 8.84. The van der Waals surface area contributed by atoms with Crippen molar-refractivity contribution in [2.45, 2.75) is 79.6 Å². The highest BCUT2D eigenvalue weighted by Gasteiger charge is 2.57. The lowest BCUT2D eigenvalue weighted by Crippen LogP contribution is -2.30. The van der Waals surface area contributed by atoms with E-state index in [4.69, 9.17) is 0 Å². The zero-order chi connectivity index (χ0) is 14.5. The molecule has 0 amide bonds. The zero-order valence-electron chi connectivity index (χ0n) is 14.2. The van der Waals surface area contributed by atoms with Crippen molar-refractivity contribution < 1.29 is 0 Å². The van der Waals surface area contributed by atoms with Crippen LogP contribution < -0.4 is 0 Å². The van der Waals surface area contributed by atoms with Gasteiger partial charge in [0.1, 0.15) is 0 Å². The van der Waals surface area contributed by atoms with Gasteiger partial charge in [-0.1, -0.05) is 43.6 Å². The third-order valence-electron chi connectivity index (χ3n) is 6.79. The van der Waals surface area contributed by atoms with Crippen molar-refractivity contribution in [3.05, 3.63) is 22.8 Å². The summed E-state index contributed by atoms with van der Waals surface area (Å²) >= 11 is 0. The third-order valence-corrected chi connectivity index (χ3v) is 6.79. The van der Waals surface area contributed by atoms with Gasteiger partial charge in [0.2, 0.25) is 0 Å². The summed E-state index contributed by atoms with van der Waals surface area (Å²) in [5.74, 6) is 1.80. The van der Waals surface area contributed by atoms with E-state index in [1.54, 1.807) is 11.1 Å². The summed E-state index contributed by atoms with van der Waals surface area (Å²) in [6.07, 6.45) is 12.1. The lowest BCUT2D eigenvalue weighted by Gasteiger charge is -2.36. The van der Waals surface area contributed by atoms with Crippen molar-refractivity contribution in [3.63, 3.8) is 0 Å². The SMILES string of the molecule is C/C1=C2\CC3(C)CCC(C)(C)C3C2CC/C(C)=C/CC1. The highest BCUT2D eigenvalue weighted by molar-refractivity contribution is 5.29. The van der Waals surface area contributed by atoms with E-state index in [0.29, 0.717) is 10.8 Å². The number of allylic oxidation sites excluding steroid dienone is 4. The molecule has 0 heterocycles. The van der Waals surface area contributed by atoms with Crippen molar-refractivity contribution in [1.82, 2.24) is 0 Å². The van der Waals surface area contributed by atoms with Gasteiger partial charge in [-0.2, -0.15) is 0 Å². The number of fused-ring (bicyclic) bond motifs is 3. The smallest absolute Gasteiger partial charge is 0.0159 e. The van der Waals surface area contributed by atoms with Crippen LogP contribution >= 0.6 is 0 Å². The van der Waals surface area contributed by atoms with Gasteiger partial charge in [-0.05, 0) is 81.5 Å². The molecule has 112 valence electrons. The van der Waals surface area contributed by atoms with Crippen molar-refractivity contribution in [1.29, 1.82) is 0 Å². The maximum atomic E-state index is 2.59. The van der Waals surface area contributed by atoms with E-state index in [9.17, 15) is 0 Å². The first-order valence-corrected chi connectivity index (χ1v) is 8.68. The molecular formula is C20H32. The van der Waals surface area contributed by atoms with E-state index in [-0.39, 0.29) is 0 Å². The van der Waals surface area contributed by atoms with Crippen molar-refractivity contribution in [2.24, 2.45) is 22.7 Å². The molecule has 3 aliphatic rings. The van der Waals surface area contributed by atoms with Crippen LogP contribution in [0.5, 0.6) is 0 Å². The summed E-state index contributed by atoms with van der Waals surface area (Å²) in [5.41, 5.74) is 6.37. The first kappa shape index (κ1) is 14.4. The minimum Gasteiger partial charge on any atom is -0.0853 e. The fraction of sp³-hybridized carbons (Fsp3) is 0.800. The minimum absolute atomic E-state index is 0.549. The predicted octanol–water partition coefficient (Wildman–Crippen LogP) is 6.29. The van der Waals surface area contributed by atoms with E-state index in [0.717, 1.165) is 11.8 Å². The fourth-order valence-corrected chi connectivity index (χ4v) is 5.85. The zero-order valence-corrected chi connectivity index (χ0v) is 14.2. The summed E-state index contributed by atoms with van der Waals surface area (Å²) in [5, 5.41) is 0. The summed E-state index contributed by atoms with van der Waals surface area (Å²) in [4.78, 5) is 0. The maximum Gasteiger partial charge on any atom is -0.0159 e. The van der Waals surface area contributed by atoms with Gasteiger partial charge in [-0.15, -0.1) is 0 Å². The quantitative estimate of drug-likeness (QED) is 0.455. The molecule has 0 N–H and O–H groups in total. The Morgan fingerprint density at radius 1 is 1.05 bits per heavy atom. The molecular weight excluding hydrogens is 240 g/mol. The molecule has 0 heteroatoms. The van der Waals surface area contributed by atoms with Gasteiger partial charge in [0, 0.05) is 0 Å². The normalized spacial score (nSPS) is 46.8. The first-order chi connectivity index (χ1) is 9.33. The van der Waals surface area contributed by atoms with Crippen molar-refractivity contribution in [2.75, 3.05) is 0 Å². The highest BCUT2D eigenvalue weighted by Crippen LogP contribution is 2.67. The molecule has 3 unspecified atom stereocenters. The van der Waals surface area contributed by atoms with Crippen LogP contribution in [0, 0.1) is 22.7 Å². The Morgan fingerprint density at radius 3 is 2.55 bits per heavy atom. The Morgan fingerprint density at radius 2 is 1.80 bits per heavy atom. The Balaban J connectivity index is 2.00. The molecule has 20 heavy (non-hydrogen) atoms. The Kier molecular flexibility index (Phi) is 3.42. The Labute approximate surface area is 125 Å². The summed E-state index contributed by atoms with van der Waals surface area (Å²) in [7, 11) is 0. The standard InChI is InChI=1S/C20H32/c1-14-7-6-8-15(2)17-13-20(5)12-11-19(3,4)18(20)16(17)10-9-14/h7,16,18H,6,8-13H2,1-5H3/b14-7+,17-15-.